The van der Waals surface area contributed by atoms with Gasteiger partial charge in [-0.2, -0.15) is 0 Å². The first-order chi connectivity index (χ1) is 13.3. The van der Waals surface area contributed by atoms with Gasteiger partial charge in [-0.05, 0) is 50.2 Å². The lowest BCUT2D eigenvalue weighted by Gasteiger charge is -2.09. The van der Waals surface area contributed by atoms with Crippen molar-refractivity contribution < 1.29 is 18.7 Å². The maximum absolute atomic E-state index is 12.4. The summed E-state index contributed by atoms with van der Waals surface area (Å²) in [5.74, 6) is -0.711. The Morgan fingerprint density at radius 1 is 1.11 bits per heavy atom. The van der Waals surface area contributed by atoms with Gasteiger partial charge >= 0.3 is 5.97 Å². The van der Waals surface area contributed by atoms with Gasteiger partial charge in [-0.3, -0.25) is 4.79 Å². The zero-order valence-electron chi connectivity index (χ0n) is 15.0. The van der Waals surface area contributed by atoms with E-state index in [4.69, 9.17) is 32.4 Å². The fourth-order valence-corrected chi connectivity index (χ4v) is 2.64. The van der Waals surface area contributed by atoms with Crippen molar-refractivity contribution in [1.82, 2.24) is 4.98 Å². The van der Waals surface area contributed by atoms with E-state index in [0.29, 0.717) is 26.9 Å². The molecule has 0 fully saturated rings. The maximum Gasteiger partial charge on any atom is 0.338 e. The molecule has 0 aliphatic heterocycles. The summed E-state index contributed by atoms with van der Waals surface area (Å²) in [7, 11) is 0. The van der Waals surface area contributed by atoms with Gasteiger partial charge in [0.1, 0.15) is 6.26 Å². The van der Waals surface area contributed by atoms with E-state index in [9.17, 15) is 9.59 Å². The molecule has 0 saturated carbocycles. The quantitative estimate of drug-likeness (QED) is 0.555. The predicted molar refractivity (Wildman–Crippen MR) is 107 cm³/mol. The SMILES string of the molecule is CC(C)OC(=O)c1cccc(NC(=O)c2coc(-c3ccc(Cl)c(Cl)c3)n2)c1. The molecule has 0 aliphatic carbocycles. The largest absolute Gasteiger partial charge is 0.459 e. The van der Waals surface area contributed by atoms with Crippen molar-refractivity contribution in [3.8, 4) is 11.5 Å². The van der Waals surface area contributed by atoms with E-state index < -0.39 is 11.9 Å². The average molecular weight is 419 g/mol. The van der Waals surface area contributed by atoms with E-state index >= 15 is 0 Å². The number of nitrogens with one attached hydrogen (secondary N) is 1. The van der Waals surface area contributed by atoms with Crippen LogP contribution < -0.4 is 5.32 Å². The molecule has 1 amide bonds. The van der Waals surface area contributed by atoms with Crippen molar-refractivity contribution in [3.05, 3.63) is 70.0 Å². The molecule has 0 radical (unpaired) electrons. The molecule has 0 bridgehead atoms. The molecule has 0 unspecified atom stereocenters. The zero-order valence-corrected chi connectivity index (χ0v) is 16.5. The number of nitrogens with zero attached hydrogens (tertiary/aromatic N) is 1. The third-order valence-corrected chi connectivity index (χ3v) is 4.34. The molecule has 0 saturated heterocycles. The molecule has 28 heavy (non-hydrogen) atoms. The van der Waals surface area contributed by atoms with E-state index in [1.165, 1.54) is 12.3 Å². The monoisotopic (exact) mass is 418 g/mol. The van der Waals surface area contributed by atoms with Gasteiger partial charge in [0, 0.05) is 11.3 Å². The predicted octanol–water partition coefficient (Wildman–Crippen LogP) is 5.47. The van der Waals surface area contributed by atoms with Gasteiger partial charge in [-0.15, -0.1) is 0 Å². The Hall–Kier alpha value is -2.83. The van der Waals surface area contributed by atoms with E-state index in [0.717, 1.165) is 0 Å². The molecule has 1 N–H and O–H groups in total. The van der Waals surface area contributed by atoms with E-state index in [1.54, 1.807) is 50.2 Å². The second-order valence-electron chi connectivity index (χ2n) is 6.16. The molecular weight excluding hydrogens is 403 g/mol. The minimum absolute atomic E-state index is 0.0798. The van der Waals surface area contributed by atoms with Crippen LogP contribution in [0.3, 0.4) is 0 Å². The van der Waals surface area contributed by atoms with Crippen molar-refractivity contribution >= 4 is 40.8 Å². The van der Waals surface area contributed by atoms with E-state index in [-0.39, 0.29) is 17.7 Å². The number of amides is 1. The first-order valence-electron chi connectivity index (χ1n) is 8.37. The van der Waals surface area contributed by atoms with Gasteiger partial charge in [0.25, 0.3) is 5.91 Å². The topological polar surface area (TPSA) is 81.4 Å². The number of carbonyl (C=O) groups excluding carboxylic acids is 2. The molecule has 0 aliphatic rings. The van der Waals surface area contributed by atoms with Crippen LogP contribution in [-0.4, -0.2) is 23.0 Å². The molecule has 8 heteroatoms. The summed E-state index contributed by atoms with van der Waals surface area (Å²) in [5.41, 5.74) is 1.44. The Kier molecular flexibility index (Phi) is 6.02. The summed E-state index contributed by atoms with van der Waals surface area (Å²) in [5, 5.41) is 3.44. The normalized spacial score (nSPS) is 10.8. The molecule has 6 nitrogen and oxygen atoms in total. The summed E-state index contributed by atoms with van der Waals surface area (Å²) in [6, 6.07) is 11.3. The Balaban J connectivity index is 1.74. The fraction of sp³-hybridized carbons (Fsp3) is 0.150. The van der Waals surface area contributed by atoms with E-state index in [1.807, 2.05) is 0 Å². The molecule has 2 aromatic carbocycles. The summed E-state index contributed by atoms with van der Waals surface area (Å²) < 4.78 is 10.5. The molecule has 0 atom stereocenters. The number of anilines is 1. The number of hydrogen-bond donors (Lipinski definition) is 1. The van der Waals surface area contributed by atoms with Crippen molar-refractivity contribution in [2.24, 2.45) is 0 Å². The van der Waals surface area contributed by atoms with Crippen molar-refractivity contribution in [2.75, 3.05) is 5.32 Å². The Bertz CT molecular complexity index is 1030. The number of carbonyl (C=O) groups is 2. The summed E-state index contributed by atoms with van der Waals surface area (Å²) in [6.07, 6.45) is 1.00. The number of halogens is 2. The van der Waals surface area contributed by atoms with Crippen LogP contribution in [0.2, 0.25) is 10.0 Å². The summed E-state index contributed by atoms with van der Waals surface area (Å²) >= 11 is 11.9. The molecule has 144 valence electrons. The lowest BCUT2D eigenvalue weighted by atomic mass is 10.2. The van der Waals surface area contributed by atoms with Gasteiger partial charge in [0.05, 0.1) is 21.7 Å². The van der Waals surface area contributed by atoms with Crippen LogP contribution >= 0.6 is 23.2 Å². The van der Waals surface area contributed by atoms with Crippen LogP contribution in [0.1, 0.15) is 34.7 Å². The highest BCUT2D eigenvalue weighted by Crippen LogP contribution is 2.28. The van der Waals surface area contributed by atoms with Gasteiger partial charge in [0.2, 0.25) is 5.89 Å². The molecular formula is C20H16Cl2N2O4. The average Bonchev–Trinajstić information content (AvgIpc) is 3.14. The highest BCUT2D eigenvalue weighted by atomic mass is 35.5. The van der Waals surface area contributed by atoms with E-state index in [2.05, 4.69) is 10.3 Å². The minimum atomic E-state index is -0.482. The number of oxazole rings is 1. The van der Waals surface area contributed by atoms with Crippen LogP contribution in [0.4, 0.5) is 5.69 Å². The second kappa shape index (κ2) is 8.46. The van der Waals surface area contributed by atoms with Crippen LogP contribution in [-0.2, 0) is 4.74 Å². The Labute approximate surface area is 171 Å². The van der Waals surface area contributed by atoms with Crippen molar-refractivity contribution in [2.45, 2.75) is 20.0 Å². The van der Waals surface area contributed by atoms with Crippen LogP contribution in [0.25, 0.3) is 11.5 Å². The van der Waals surface area contributed by atoms with Crippen molar-refractivity contribution in [3.63, 3.8) is 0 Å². The fourth-order valence-electron chi connectivity index (χ4n) is 2.34. The highest BCUT2D eigenvalue weighted by Gasteiger charge is 2.16. The maximum atomic E-state index is 12.4. The van der Waals surface area contributed by atoms with Gasteiger partial charge in [0.15, 0.2) is 5.69 Å². The third-order valence-electron chi connectivity index (χ3n) is 3.60. The number of aromatic nitrogens is 1. The number of rotatable bonds is 5. The van der Waals surface area contributed by atoms with Gasteiger partial charge in [-0.25, -0.2) is 9.78 Å². The standard InChI is InChI=1S/C20H16Cl2N2O4/c1-11(2)28-20(26)13-4-3-5-14(8-13)23-18(25)17-10-27-19(24-17)12-6-7-15(21)16(22)9-12/h3-11H,1-2H3,(H,23,25). The third kappa shape index (κ3) is 4.71. The van der Waals surface area contributed by atoms with Crippen molar-refractivity contribution in [1.29, 1.82) is 0 Å². The zero-order chi connectivity index (χ0) is 20.3. The van der Waals surface area contributed by atoms with Crippen LogP contribution in [0.15, 0.2) is 53.1 Å². The van der Waals surface area contributed by atoms with Gasteiger partial charge < -0.3 is 14.5 Å². The minimum Gasteiger partial charge on any atom is -0.459 e. The second-order valence-corrected chi connectivity index (χ2v) is 6.97. The molecule has 3 aromatic rings. The lowest BCUT2D eigenvalue weighted by Crippen LogP contribution is -2.14. The number of benzene rings is 2. The molecule has 1 heterocycles. The summed E-state index contributed by atoms with van der Waals surface area (Å²) in [6.45, 7) is 3.53. The molecule has 1 aromatic heterocycles. The highest BCUT2D eigenvalue weighted by molar-refractivity contribution is 6.42. The smallest absolute Gasteiger partial charge is 0.338 e. The lowest BCUT2D eigenvalue weighted by molar-refractivity contribution is 0.0377. The first-order valence-corrected chi connectivity index (χ1v) is 9.12. The molecule has 3 rings (SSSR count). The Morgan fingerprint density at radius 2 is 1.89 bits per heavy atom. The number of hydrogen-bond acceptors (Lipinski definition) is 5. The molecule has 0 spiro atoms. The number of ether oxygens (including phenoxy) is 1. The Morgan fingerprint density at radius 3 is 2.61 bits per heavy atom. The first kappa shape index (κ1) is 19.9. The number of esters is 1. The van der Waals surface area contributed by atoms with Gasteiger partial charge in [-0.1, -0.05) is 29.3 Å². The van der Waals surface area contributed by atoms with Crippen LogP contribution in [0.5, 0.6) is 0 Å². The summed E-state index contributed by atoms with van der Waals surface area (Å²) in [4.78, 5) is 28.6. The van der Waals surface area contributed by atoms with Crippen LogP contribution in [0, 0.1) is 0 Å².